The summed E-state index contributed by atoms with van der Waals surface area (Å²) in [6.07, 6.45) is 1.02. The first-order chi connectivity index (χ1) is 6.24. The first-order valence-electron chi connectivity index (χ1n) is 4.79. The average Bonchev–Trinajstić information content (AvgIpc) is 2.18. The molecule has 1 aromatic carbocycles. The minimum Gasteiger partial charge on any atom is -0.269 e. The van der Waals surface area contributed by atoms with Gasteiger partial charge in [0, 0.05) is 12.6 Å². The van der Waals surface area contributed by atoms with Crippen molar-refractivity contribution in [2.45, 2.75) is 26.3 Å². The third-order valence-electron chi connectivity index (χ3n) is 2.31. The topological polar surface area (TPSA) is 29.3 Å². The molecule has 0 bridgehead atoms. The van der Waals surface area contributed by atoms with E-state index in [-0.39, 0.29) is 0 Å². The van der Waals surface area contributed by atoms with Crippen molar-refractivity contribution in [3.8, 4) is 0 Å². The molecule has 2 N–H and O–H groups in total. The van der Waals surface area contributed by atoms with E-state index in [1.165, 1.54) is 5.56 Å². The lowest BCUT2D eigenvalue weighted by Crippen LogP contribution is -2.40. The second kappa shape index (κ2) is 5.00. The van der Waals surface area contributed by atoms with Gasteiger partial charge in [-0.05, 0) is 18.9 Å². The second-order valence-electron chi connectivity index (χ2n) is 3.37. The van der Waals surface area contributed by atoms with E-state index >= 15 is 0 Å². The average molecular weight is 178 g/mol. The number of rotatable bonds is 4. The van der Waals surface area contributed by atoms with Crippen molar-refractivity contribution in [3.63, 3.8) is 0 Å². The molecule has 2 heteroatoms. The van der Waals surface area contributed by atoms with E-state index in [1.807, 2.05) is 11.1 Å². The van der Waals surface area contributed by atoms with Gasteiger partial charge >= 0.3 is 0 Å². The summed E-state index contributed by atoms with van der Waals surface area (Å²) >= 11 is 0. The molecular weight excluding hydrogens is 160 g/mol. The molecule has 0 fully saturated rings. The lowest BCUT2D eigenvalue weighted by atomic mass is 10.1. The van der Waals surface area contributed by atoms with Gasteiger partial charge < -0.3 is 0 Å². The molecule has 0 aliphatic rings. The third kappa shape index (κ3) is 3.17. The molecule has 0 aromatic heterocycles. The van der Waals surface area contributed by atoms with E-state index < -0.39 is 0 Å². The van der Waals surface area contributed by atoms with Gasteiger partial charge in [0.1, 0.15) is 0 Å². The molecule has 0 saturated heterocycles. The Kier molecular flexibility index (Phi) is 3.93. The van der Waals surface area contributed by atoms with Crippen LogP contribution in [0.4, 0.5) is 0 Å². The number of hydrogen-bond acceptors (Lipinski definition) is 2. The van der Waals surface area contributed by atoms with E-state index in [2.05, 4.69) is 38.1 Å². The monoisotopic (exact) mass is 178 g/mol. The van der Waals surface area contributed by atoms with Crippen LogP contribution in [-0.2, 0) is 6.42 Å². The van der Waals surface area contributed by atoms with Crippen LogP contribution < -0.4 is 5.84 Å². The maximum Gasteiger partial charge on any atom is 0.0253 e. The summed E-state index contributed by atoms with van der Waals surface area (Å²) in [4.78, 5) is 0. The lowest BCUT2D eigenvalue weighted by molar-refractivity contribution is 0.224. The summed E-state index contributed by atoms with van der Waals surface area (Å²) < 4.78 is 0. The predicted octanol–water partition coefficient (Wildman–Crippen LogP) is 1.81. The molecule has 1 atom stereocenters. The molecule has 1 aromatic rings. The Hall–Kier alpha value is -0.860. The van der Waals surface area contributed by atoms with Crippen LogP contribution in [-0.4, -0.2) is 17.6 Å². The number of hydrogen-bond donors (Lipinski definition) is 1. The summed E-state index contributed by atoms with van der Waals surface area (Å²) in [7, 11) is 0. The SMILES string of the molecule is CCN(N)C(C)Cc1ccccc1. The standard InChI is InChI=1S/C11H18N2/c1-3-13(12)10(2)9-11-7-5-4-6-8-11/h4-8,10H,3,9,12H2,1-2H3. The Morgan fingerprint density at radius 1 is 1.31 bits per heavy atom. The fourth-order valence-corrected chi connectivity index (χ4v) is 1.38. The van der Waals surface area contributed by atoms with Crippen molar-refractivity contribution in [2.24, 2.45) is 5.84 Å². The van der Waals surface area contributed by atoms with Crippen LogP contribution in [0.3, 0.4) is 0 Å². The van der Waals surface area contributed by atoms with Crippen LogP contribution in [0.1, 0.15) is 19.4 Å². The van der Waals surface area contributed by atoms with Crippen LogP contribution in [0.2, 0.25) is 0 Å². The number of benzene rings is 1. The highest BCUT2D eigenvalue weighted by Gasteiger charge is 2.07. The molecule has 0 saturated carbocycles. The van der Waals surface area contributed by atoms with Gasteiger partial charge in [0.15, 0.2) is 0 Å². The Labute approximate surface area is 80.3 Å². The first-order valence-corrected chi connectivity index (χ1v) is 4.79. The van der Waals surface area contributed by atoms with Gasteiger partial charge in [-0.25, -0.2) is 5.01 Å². The van der Waals surface area contributed by atoms with Crippen LogP contribution in [0.5, 0.6) is 0 Å². The molecule has 0 radical (unpaired) electrons. The van der Waals surface area contributed by atoms with Crippen molar-refractivity contribution >= 4 is 0 Å². The zero-order valence-corrected chi connectivity index (χ0v) is 8.40. The molecule has 0 aliphatic carbocycles. The third-order valence-corrected chi connectivity index (χ3v) is 2.31. The molecule has 0 heterocycles. The van der Waals surface area contributed by atoms with Gasteiger partial charge in [-0.3, -0.25) is 5.84 Å². The van der Waals surface area contributed by atoms with Gasteiger partial charge in [-0.15, -0.1) is 0 Å². The summed E-state index contributed by atoms with van der Waals surface area (Å²) in [6.45, 7) is 5.12. The van der Waals surface area contributed by atoms with Crippen molar-refractivity contribution in [1.29, 1.82) is 0 Å². The highest BCUT2D eigenvalue weighted by molar-refractivity contribution is 5.15. The Balaban J connectivity index is 2.50. The fourth-order valence-electron chi connectivity index (χ4n) is 1.38. The molecule has 72 valence electrons. The van der Waals surface area contributed by atoms with Crippen LogP contribution in [0.15, 0.2) is 30.3 Å². The zero-order chi connectivity index (χ0) is 9.68. The Morgan fingerprint density at radius 3 is 2.46 bits per heavy atom. The Bertz CT molecular complexity index is 233. The quantitative estimate of drug-likeness (QED) is 0.563. The lowest BCUT2D eigenvalue weighted by Gasteiger charge is -2.22. The van der Waals surface area contributed by atoms with Gasteiger partial charge in [0.25, 0.3) is 0 Å². The Morgan fingerprint density at radius 2 is 1.92 bits per heavy atom. The van der Waals surface area contributed by atoms with Crippen molar-refractivity contribution in [3.05, 3.63) is 35.9 Å². The van der Waals surface area contributed by atoms with E-state index in [0.29, 0.717) is 6.04 Å². The van der Waals surface area contributed by atoms with Gasteiger partial charge in [-0.2, -0.15) is 0 Å². The smallest absolute Gasteiger partial charge is 0.0253 e. The maximum atomic E-state index is 5.80. The first kappa shape index (κ1) is 10.2. The van der Waals surface area contributed by atoms with Crippen molar-refractivity contribution in [1.82, 2.24) is 5.01 Å². The zero-order valence-electron chi connectivity index (χ0n) is 8.40. The van der Waals surface area contributed by atoms with E-state index in [1.54, 1.807) is 0 Å². The molecule has 1 rings (SSSR count). The summed E-state index contributed by atoms with van der Waals surface area (Å²) in [5, 5.41) is 1.87. The molecule has 0 spiro atoms. The minimum absolute atomic E-state index is 0.410. The van der Waals surface area contributed by atoms with Gasteiger partial charge in [0.05, 0.1) is 0 Å². The van der Waals surface area contributed by atoms with Crippen molar-refractivity contribution in [2.75, 3.05) is 6.54 Å². The molecule has 0 amide bonds. The summed E-state index contributed by atoms with van der Waals surface area (Å²) in [6, 6.07) is 10.9. The molecule has 2 nitrogen and oxygen atoms in total. The van der Waals surface area contributed by atoms with Gasteiger partial charge in [0.2, 0.25) is 0 Å². The van der Waals surface area contributed by atoms with E-state index in [4.69, 9.17) is 5.84 Å². The predicted molar refractivity (Wildman–Crippen MR) is 56.2 cm³/mol. The molecular formula is C11H18N2. The largest absolute Gasteiger partial charge is 0.269 e. The summed E-state index contributed by atoms with van der Waals surface area (Å²) in [5.41, 5.74) is 1.35. The van der Waals surface area contributed by atoms with Crippen LogP contribution >= 0.6 is 0 Å². The normalized spacial score (nSPS) is 13.2. The van der Waals surface area contributed by atoms with E-state index in [9.17, 15) is 0 Å². The van der Waals surface area contributed by atoms with Crippen molar-refractivity contribution < 1.29 is 0 Å². The highest BCUT2D eigenvalue weighted by Crippen LogP contribution is 2.05. The maximum absolute atomic E-state index is 5.80. The van der Waals surface area contributed by atoms with Crippen LogP contribution in [0, 0.1) is 0 Å². The molecule has 13 heavy (non-hydrogen) atoms. The number of likely N-dealkylation sites (N-methyl/N-ethyl adjacent to an activating group) is 1. The fraction of sp³-hybridized carbons (Fsp3) is 0.455. The number of nitrogens with zero attached hydrogens (tertiary/aromatic N) is 1. The highest BCUT2D eigenvalue weighted by atomic mass is 15.4. The van der Waals surface area contributed by atoms with E-state index in [0.717, 1.165) is 13.0 Å². The number of nitrogens with two attached hydrogens (primary N) is 1. The minimum atomic E-state index is 0.410. The molecule has 0 aliphatic heterocycles. The summed E-state index contributed by atoms with van der Waals surface area (Å²) in [5.74, 6) is 5.80. The van der Waals surface area contributed by atoms with Crippen LogP contribution in [0.25, 0.3) is 0 Å². The number of hydrazine groups is 1. The second-order valence-corrected chi connectivity index (χ2v) is 3.37. The molecule has 1 unspecified atom stereocenters. The van der Waals surface area contributed by atoms with Gasteiger partial charge in [-0.1, -0.05) is 37.3 Å².